The molecular formula is C15H20FN. The number of benzene rings is 1. The Morgan fingerprint density at radius 3 is 2.71 bits per heavy atom. The molecule has 92 valence electrons. The van der Waals surface area contributed by atoms with Crippen LogP contribution in [0.3, 0.4) is 0 Å². The molecule has 2 unspecified atom stereocenters. The van der Waals surface area contributed by atoms with Gasteiger partial charge in [0.25, 0.3) is 0 Å². The van der Waals surface area contributed by atoms with Crippen molar-refractivity contribution in [1.82, 2.24) is 4.90 Å². The number of nitrogens with zero attached hydrogens (tertiary/aromatic N) is 1. The molecule has 0 bridgehead atoms. The summed E-state index contributed by atoms with van der Waals surface area (Å²) < 4.78 is 12.8. The van der Waals surface area contributed by atoms with E-state index >= 15 is 0 Å². The van der Waals surface area contributed by atoms with E-state index in [9.17, 15) is 4.39 Å². The highest BCUT2D eigenvalue weighted by Gasteiger charge is 2.41. The molecule has 1 aliphatic carbocycles. The minimum atomic E-state index is -0.151. The normalized spacial score (nSPS) is 22.8. The van der Waals surface area contributed by atoms with Crippen molar-refractivity contribution in [3.8, 4) is 0 Å². The van der Waals surface area contributed by atoms with Gasteiger partial charge in [-0.25, -0.2) is 4.39 Å². The fraction of sp³-hybridized carbons (Fsp3) is 0.467. The van der Waals surface area contributed by atoms with Crippen molar-refractivity contribution in [1.29, 1.82) is 0 Å². The summed E-state index contributed by atoms with van der Waals surface area (Å²) in [6.07, 6.45) is 4.33. The second-order valence-corrected chi connectivity index (χ2v) is 4.74. The molecule has 2 atom stereocenters. The fourth-order valence-electron chi connectivity index (χ4n) is 2.50. The van der Waals surface area contributed by atoms with Crippen LogP contribution in [-0.4, -0.2) is 24.0 Å². The minimum absolute atomic E-state index is 0.151. The summed E-state index contributed by atoms with van der Waals surface area (Å²) in [4.78, 5) is 2.47. The minimum Gasteiger partial charge on any atom is -0.296 e. The first-order chi connectivity index (χ1) is 8.26. The third-order valence-corrected chi connectivity index (χ3v) is 3.40. The molecule has 1 nitrogen and oxygen atoms in total. The average Bonchev–Trinajstić information content (AvgIpc) is 3.10. The van der Waals surface area contributed by atoms with Gasteiger partial charge in [-0.15, -0.1) is 6.58 Å². The second-order valence-electron chi connectivity index (χ2n) is 4.74. The van der Waals surface area contributed by atoms with Crippen LogP contribution in [0.1, 0.15) is 31.2 Å². The maximum Gasteiger partial charge on any atom is 0.123 e. The molecule has 0 aliphatic heterocycles. The summed E-state index contributed by atoms with van der Waals surface area (Å²) in [5.74, 6) is 0.435. The molecule has 1 aromatic rings. The van der Waals surface area contributed by atoms with Gasteiger partial charge in [-0.2, -0.15) is 0 Å². The van der Waals surface area contributed by atoms with Crippen molar-refractivity contribution in [3.63, 3.8) is 0 Å². The molecule has 0 aromatic heterocycles. The molecular weight excluding hydrogens is 213 g/mol. The summed E-state index contributed by atoms with van der Waals surface area (Å²) in [6.45, 7) is 8.08. The van der Waals surface area contributed by atoms with E-state index in [0.717, 1.165) is 13.1 Å². The molecule has 1 saturated carbocycles. The van der Waals surface area contributed by atoms with Crippen molar-refractivity contribution in [2.45, 2.75) is 31.7 Å². The predicted octanol–water partition coefficient (Wildman–Crippen LogP) is 3.58. The van der Waals surface area contributed by atoms with E-state index in [1.807, 2.05) is 18.2 Å². The largest absolute Gasteiger partial charge is 0.296 e. The quantitative estimate of drug-likeness (QED) is 0.679. The summed E-state index contributed by atoms with van der Waals surface area (Å²) in [6, 6.07) is 7.57. The smallest absolute Gasteiger partial charge is 0.123 e. The van der Waals surface area contributed by atoms with Crippen molar-refractivity contribution in [2.75, 3.05) is 13.1 Å². The second kappa shape index (κ2) is 5.46. The van der Waals surface area contributed by atoms with E-state index in [2.05, 4.69) is 18.4 Å². The van der Waals surface area contributed by atoms with Gasteiger partial charge in [0.05, 0.1) is 0 Å². The summed E-state index contributed by atoms with van der Waals surface area (Å²) in [7, 11) is 0. The molecule has 1 aliphatic rings. The van der Waals surface area contributed by atoms with E-state index in [-0.39, 0.29) is 5.82 Å². The first-order valence-corrected chi connectivity index (χ1v) is 6.36. The molecule has 0 saturated heterocycles. The molecule has 2 heteroatoms. The standard InChI is InChI=1S/C15H20FN/c1-3-9-17(10-4-2)15-11-14(15)12-5-7-13(16)8-6-12/h3,5-8,14-15H,1,4,9-11H2,2H3. The van der Waals surface area contributed by atoms with Crippen LogP contribution in [-0.2, 0) is 0 Å². The Balaban J connectivity index is 1.98. The number of halogens is 1. The molecule has 0 N–H and O–H groups in total. The lowest BCUT2D eigenvalue weighted by atomic mass is 10.1. The van der Waals surface area contributed by atoms with Gasteiger partial charge >= 0.3 is 0 Å². The van der Waals surface area contributed by atoms with Crippen LogP contribution in [0.5, 0.6) is 0 Å². The van der Waals surface area contributed by atoms with Gasteiger partial charge in [0.15, 0.2) is 0 Å². The maximum absolute atomic E-state index is 12.8. The van der Waals surface area contributed by atoms with Crippen LogP contribution >= 0.6 is 0 Å². The molecule has 1 aromatic carbocycles. The Morgan fingerprint density at radius 1 is 1.41 bits per heavy atom. The highest BCUT2D eigenvalue weighted by Crippen LogP contribution is 2.44. The first kappa shape index (κ1) is 12.3. The predicted molar refractivity (Wildman–Crippen MR) is 69.6 cm³/mol. The first-order valence-electron chi connectivity index (χ1n) is 6.36. The van der Waals surface area contributed by atoms with Gasteiger partial charge < -0.3 is 0 Å². The van der Waals surface area contributed by atoms with Crippen LogP contribution in [0.4, 0.5) is 4.39 Å². The zero-order valence-electron chi connectivity index (χ0n) is 10.4. The highest BCUT2D eigenvalue weighted by atomic mass is 19.1. The van der Waals surface area contributed by atoms with Crippen molar-refractivity contribution in [3.05, 3.63) is 48.3 Å². The van der Waals surface area contributed by atoms with Gasteiger partial charge in [0, 0.05) is 18.5 Å². The van der Waals surface area contributed by atoms with Crippen molar-refractivity contribution >= 4 is 0 Å². The van der Waals surface area contributed by atoms with Crippen molar-refractivity contribution in [2.24, 2.45) is 0 Å². The topological polar surface area (TPSA) is 3.24 Å². The molecule has 0 heterocycles. The average molecular weight is 233 g/mol. The number of hydrogen-bond donors (Lipinski definition) is 0. The molecule has 0 radical (unpaired) electrons. The third-order valence-electron chi connectivity index (χ3n) is 3.40. The Bertz CT molecular complexity index is 371. The molecule has 0 amide bonds. The number of rotatable bonds is 6. The Kier molecular flexibility index (Phi) is 3.95. The zero-order valence-corrected chi connectivity index (χ0v) is 10.4. The lowest BCUT2D eigenvalue weighted by molar-refractivity contribution is 0.288. The highest BCUT2D eigenvalue weighted by molar-refractivity contribution is 5.28. The van der Waals surface area contributed by atoms with Gasteiger partial charge in [-0.3, -0.25) is 4.90 Å². The van der Waals surface area contributed by atoms with Crippen LogP contribution < -0.4 is 0 Å². The Hall–Kier alpha value is -1.15. The number of hydrogen-bond acceptors (Lipinski definition) is 1. The van der Waals surface area contributed by atoms with Crippen LogP contribution in [0.25, 0.3) is 0 Å². The van der Waals surface area contributed by atoms with Gasteiger partial charge in [-0.05, 0) is 37.1 Å². The van der Waals surface area contributed by atoms with Crippen LogP contribution in [0, 0.1) is 5.82 Å². The SMILES string of the molecule is C=CCN(CCC)C1CC1c1ccc(F)cc1. The van der Waals surface area contributed by atoms with E-state index in [1.54, 1.807) is 12.1 Å². The monoisotopic (exact) mass is 233 g/mol. The molecule has 1 fully saturated rings. The summed E-state index contributed by atoms with van der Waals surface area (Å²) in [5, 5.41) is 0. The Morgan fingerprint density at radius 2 is 2.12 bits per heavy atom. The van der Waals surface area contributed by atoms with Crippen molar-refractivity contribution < 1.29 is 4.39 Å². The van der Waals surface area contributed by atoms with E-state index in [1.165, 1.54) is 18.4 Å². The molecule has 0 spiro atoms. The summed E-state index contributed by atoms with van der Waals surface area (Å²) >= 11 is 0. The fourth-order valence-corrected chi connectivity index (χ4v) is 2.50. The summed E-state index contributed by atoms with van der Waals surface area (Å²) in [5.41, 5.74) is 1.27. The Labute approximate surface area is 103 Å². The van der Waals surface area contributed by atoms with E-state index in [0.29, 0.717) is 12.0 Å². The van der Waals surface area contributed by atoms with Gasteiger partial charge in [-0.1, -0.05) is 25.1 Å². The molecule has 2 rings (SSSR count). The maximum atomic E-state index is 12.8. The third kappa shape index (κ3) is 2.95. The lowest BCUT2D eigenvalue weighted by Gasteiger charge is -2.20. The zero-order chi connectivity index (χ0) is 12.3. The lowest BCUT2D eigenvalue weighted by Crippen LogP contribution is -2.28. The van der Waals surface area contributed by atoms with Gasteiger partial charge in [0.1, 0.15) is 5.82 Å². The van der Waals surface area contributed by atoms with Crippen LogP contribution in [0.15, 0.2) is 36.9 Å². The molecule has 17 heavy (non-hydrogen) atoms. The van der Waals surface area contributed by atoms with Crippen LogP contribution in [0.2, 0.25) is 0 Å². The van der Waals surface area contributed by atoms with E-state index < -0.39 is 0 Å². The van der Waals surface area contributed by atoms with E-state index in [4.69, 9.17) is 0 Å². The van der Waals surface area contributed by atoms with Gasteiger partial charge in [0.2, 0.25) is 0 Å².